The summed E-state index contributed by atoms with van der Waals surface area (Å²) < 4.78 is 0. The molecule has 2 unspecified atom stereocenters. The van der Waals surface area contributed by atoms with E-state index in [0.717, 1.165) is 41.5 Å². The predicted octanol–water partition coefficient (Wildman–Crippen LogP) is 7.02. The molecular weight excluding hydrogens is 470 g/mol. The van der Waals surface area contributed by atoms with Crippen LogP contribution in [0.3, 0.4) is 0 Å². The Labute approximate surface area is 218 Å². The van der Waals surface area contributed by atoms with Crippen molar-refractivity contribution in [2.75, 3.05) is 22.5 Å². The van der Waals surface area contributed by atoms with E-state index >= 15 is 0 Å². The molecule has 0 radical (unpaired) electrons. The predicted molar refractivity (Wildman–Crippen MR) is 149 cm³/mol. The fraction of sp³-hybridized carbons (Fsp3) is 0.481. The number of H-pyrrole nitrogens is 1. The maximum absolute atomic E-state index is 11.7. The lowest BCUT2D eigenvalue weighted by Gasteiger charge is -2.31. The van der Waals surface area contributed by atoms with Gasteiger partial charge in [-0.1, -0.05) is 41.0 Å². The molecule has 0 aliphatic rings. The summed E-state index contributed by atoms with van der Waals surface area (Å²) in [7, 11) is 0. The lowest BCUT2D eigenvalue weighted by atomic mass is 9.78. The molecule has 0 fully saturated rings. The number of rotatable bonds is 13. The molecule has 2 atom stereocenters. The molecule has 0 saturated carbocycles. The van der Waals surface area contributed by atoms with Gasteiger partial charge < -0.3 is 16.0 Å². The summed E-state index contributed by atoms with van der Waals surface area (Å²) in [5.74, 6) is 2.83. The zero-order chi connectivity index (χ0) is 26.1. The Bertz CT molecular complexity index is 1130. The third-order valence-corrected chi connectivity index (χ3v) is 7.30. The molecule has 0 bridgehead atoms. The number of nitrogens with one attached hydrogen (secondary N) is 4. The fourth-order valence-corrected chi connectivity index (χ4v) is 4.60. The van der Waals surface area contributed by atoms with Crippen LogP contribution >= 0.6 is 11.8 Å². The average Bonchev–Trinajstić information content (AvgIpc) is 3.28. The van der Waals surface area contributed by atoms with Crippen molar-refractivity contribution < 1.29 is 4.79 Å². The van der Waals surface area contributed by atoms with Gasteiger partial charge in [-0.05, 0) is 67.1 Å². The van der Waals surface area contributed by atoms with Crippen LogP contribution in [0.4, 0.5) is 23.1 Å². The molecule has 1 amide bonds. The van der Waals surface area contributed by atoms with E-state index in [2.05, 4.69) is 53.8 Å². The van der Waals surface area contributed by atoms with Crippen LogP contribution in [0, 0.1) is 18.3 Å². The molecule has 36 heavy (non-hydrogen) atoms. The Hall–Kier alpha value is -3.07. The van der Waals surface area contributed by atoms with E-state index in [0.29, 0.717) is 29.1 Å². The molecule has 0 aliphatic heterocycles. The molecule has 0 saturated heterocycles. The molecule has 3 rings (SSSR count). The monoisotopic (exact) mass is 509 g/mol. The van der Waals surface area contributed by atoms with Gasteiger partial charge in [-0.3, -0.25) is 9.89 Å². The average molecular weight is 510 g/mol. The largest absolute Gasteiger partial charge is 0.369 e. The van der Waals surface area contributed by atoms with Crippen molar-refractivity contribution in [2.24, 2.45) is 11.3 Å². The number of aryl methyl sites for hydroxylation is 1. The van der Waals surface area contributed by atoms with Crippen LogP contribution in [0.5, 0.6) is 0 Å². The second-order valence-electron chi connectivity index (χ2n) is 9.75. The first kappa shape index (κ1) is 27.5. The number of hydrogen-bond acceptors (Lipinski definition) is 7. The minimum absolute atomic E-state index is 0.00533. The Morgan fingerprint density at radius 1 is 1.08 bits per heavy atom. The van der Waals surface area contributed by atoms with E-state index in [1.54, 1.807) is 0 Å². The zero-order valence-electron chi connectivity index (χ0n) is 22.2. The molecule has 0 aliphatic carbocycles. The Balaban J connectivity index is 1.80. The van der Waals surface area contributed by atoms with Crippen molar-refractivity contribution in [1.82, 2.24) is 20.2 Å². The van der Waals surface area contributed by atoms with E-state index in [1.165, 1.54) is 18.2 Å². The molecule has 4 N–H and O–H groups in total. The highest BCUT2D eigenvalue weighted by Gasteiger charge is 2.24. The first-order valence-corrected chi connectivity index (χ1v) is 13.5. The summed E-state index contributed by atoms with van der Waals surface area (Å²) >= 11 is 1.48. The third-order valence-electron chi connectivity index (χ3n) is 6.42. The van der Waals surface area contributed by atoms with Gasteiger partial charge in [0.1, 0.15) is 11.6 Å². The number of carbonyl (C=O) groups excluding carboxylic acids is 1. The van der Waals surface area contributed by atoms with Gasteiger partial charge in [0.05, 0.1) is 0 Å². The van der Waals surface area contributed by atoms with Gasteiger partial charge in [0.25, 0.3) is 0 Å². The van der Waals surface area contributed by atoms with Crippen LogP contribution in [-0.2, 0) is 4.79 Å². The van der Waals surface area contributed by atoms with Crippen LogP contribution in [0.15, 0.2) is 46.5 Å². The molecule has 194 valence electrons. The van der Waals surface area contributed by atoms with E-state index in [9.17, 15) is 4.79 Å². The Kier molecular flexibility index (Phi) is 9.75. The molecular formula is C27H39N7OS. The smallest absolute Gasteiger partial charge is 0.224 e. The number of aromatic nitrogens is 4. The first-order chi connectivity index (χ1) is 17.2. The highest BCUT2D eigenvalue weighted by molar-refractivity contribution is 7.99. The number of nitrogens with zero attached hydrogens (tertiary/aromatic N) is 3. The van der Waals surface area contributed by atoms with E-state index < -0.39 is 0 Å². The van der Waals surface area contributed by atoms with E-state index in [-0.39, 0.29) is 11.3 Å². The number of hydrogen-bond donors (Lipinski definition) is 4. The Morgan fingerprint density at radius 3 is 2.42 bits per heavy atom. The summed E-state index contributed by atoms with van der Waals surface area (Å²) in [6, 6.07) is 11.6. The van der Waals surface area contributed by atoms with Crippen LogP contribution in [0.2, 0.25) is 0 Å². The molecule has 8 nitrogen and oxygen atoms in total. The van der Waals surface area contributed by atoms with Gasteiger partial charge in [-0.2, -0.15) is 5.10 Å². The maximum atomic E-state index is 11.7. The highest BCUT2D eigenvalue weighted by atomic mass is 32.2. The van der Waals surface area contributed by atoms with Gasteiger partial charge in [-0.25, -0.2) is 9.97 Å². The maximum Gasteiger partial charge on any atom is 0.224 e. The molecule has 2 heterocycles. The first-order valence-electron chi connectivity index (χ1n) is 12.7. The molecule has 3 aromatic rings. The van der Waals surface area contributed by atoms with E-state index in [4.69, 9.17) is 9.97 Å². The quantitative estimate of drug-likeness (QED) is 0.183. The van der Waals surface area contributed by atoms with Crippen molar-refractivity contribution >= 4 is 40.8 Å². The van der Waals surface area contributed by atoms with Crippen molar-refractivity contribution in [3.63, 3.8) is 0 Å². The van der Waals surface area contributed by atoms with Crippen molar-refractivity contribution in [2.45, 2.75) is 77.3 Å². The highest BCUT2D eigenvalue weighted by Crippen LogP contribution is 2.33. The summed E-state index contributed by atoms with van der Waals surface area (Å²) in [5.41, 5.74) is 1.93. The summed E-state index contributed by atoms with van der Waals surface area (Å²) in [6.45, 7) is 13.8. The van der Waals surface area contributed by atoms with E-state index in [1.807, 2.05) is 50.2 Å². The van der Waals surface area contributed by atoms with Gasteiger partial charge >= 0.3 is 0 Å². The number of anilines is 4. The summed E-state index contributed by atoms with van der Waals surface area (Å²) in [4.78, 5) is 22.2. The Morgan fingerprint density at radius 2 is 1.81 bits per heavy atom. The summed E-state index contributed by atoms with van der Waals surface area (Å²) in [6.07, 6.45) is 3.89. The van der Waals surface area contributed by atoms with Crippen molar-refractivity contribution in [3.05, 3.63) is 42.1 Å². The minimum atomic E-state index is -0.00533. The number of benzene rings is 1. The molecule has 2 aromatic heterocycles. The number of aromatic amines is 1. The van der Waals surface area contributed by atoms with Crippen LogP contribution < -0.4 is 16.0 Å². The topological polar surface area (TPSA) is 108 Å². The lowest BCUT2D eigenvalue weighted by molar-refractivity contribution is -0.115. The lowest BCUT2D eigenvalue weighted by Crippen LogP contribution is -2.28. The zero-order valence-corrected chi connectivity index (χ0v) is 23.1. The van der Waals surface area contributed by atoms with Gasteiger partial charge in [0, 0.05) is 41.4 Å². The van der Waals surface area contributed by atoms with Crippen molar-refractivity contribution in [3.8, 4) is 0 Å². The standard InChI is InChI=1S/C27H39N7OS/c1-7-18(4)16-27(6,9-3)17-28-22-15-23(30-24-14-19(5)33-34-24)32-26(31-22)36-21-12-10-20(11-13-21)29-25(35)8-2/h10-15,18H,7-9,16-17H2,1-6H3,(H,29,35)(H3,28,30,31,32,33,34). The van der Waals surface area contributed by atoms with Crippen LogP contribution in [0.1, 0.15) is 66.0 Å². The summed E-state index contributed by atoms with van der Waals surface area (Å²) in [5, 5.41) is 17.6. The van der Waals surface area contributed by atoms with Crippen molar-refractivity contribution in [1.29, 1.82) is 0 Å². The molecule has 9 heteroatoms. The minimum Gasteiger partial charge on any atom is -0.369 e. The second-order valence-corrected chi connectivity index (χ2v) is 10.8. The fourth-order valence-electron chi connectivity index (χ4n) is 3.83. The SMILES string of the molecule is CCC(=O)Nc1ccc(Sc2nc(NCC(C)(CC)CC(C)CC)cc(Nc3cc(C)[nH]n3)n2)cc1. The number of carbonyl (C=O) groups is 1. The second kappa shape index (κ2) is 12.8. The van der Waals surface area contributed by atoms with Crippen LogP contribution in [0.25, 0.3) is 0 Å². The van der Waals surface area contributed by atoms with Crippen LogP contribution in [-0.4, -0.2) is 32.6 Å². The number of amides is 1. The van der Waals surface area contributed by atoms with Gasteiger partial charge in [0.15, 0.2) is 11.0 Å². The van der Waals surface area contributed by atoms with Gasteiger partial charge in [-0.15, -0.1) is 0 Å². The third kappa shape index (κ3) is 8.26. The molecule has 0 spiro atoms. The molecule has 1 aromatic carbocycles. The normalized spacial score (nSPS) is 13.6. The van der Waals surface area contributed by atoms with Gasteiger partial charge in [0.2, 0.25) is 5.91 Å².